The zero-order chi connectivity index (χ0) is 12.9. The molecule has 1 rings (SSSR count). The van der Waals surface area contributed by atoms with Crippen molar-refractivity contribution in [1.82, 2.24) is 0 Å². The van der Waals surface area contributed by atoms with Crippen LogP contribution in [-0.4, -0.2) is 21.9 Å². The molecule has 1 aliphatic carbocycles. The number of rotatable bonds is 5. The van der Waals surface area contributed by atoms with Gasteiger partial charge in [0.1, 0.15) is 0 Å². The van der Waals surface area contributed by atoms with Crippen LogP contribution in [0.5, 0.6) is 0 Å². The van der Waals surface area contributed by atoms with Crippen LogP contribution < -0.4 is 0 Å². The fourth-order valence-electron chi connectivity index (χ4n) is 2.68. The molecule has 1 saturated carbocycles. The standard InChI is InChI=1S/C15H30O2/c1-14(2,3)13(16)9-5-8-12-15(17)10-6-4-7-11-15/h13,16-17H,4-12H2,1-3H3. The summed E-state index contributed by atoms with van der Waals surface area (Å²) in [4.78, 5) is 0. The van der Waals surface area contributed by atoms with Crippen molar-refractivity contribution in [3.63, 3.8) is 0 Å². The molecule has 0 spiro atoms. The fourth-order valence-corrected chi connectivity index (χ4v) is 2.68. The second kappa shape index (κ2) is 6.19. The Bertz CT molecular complexity index is 211. The Morgan fingerprint density at radius 2 is 1.65 bits per heavy atom. The van der Waals surface area contributed by atoms with Crippen molar-refractivity contribution in [3.8, 4) is 0 Å². The van der Waals surface area contributed by atoms with E-state index in [-0.39, 0.29) is 17.1 Å². The summed E-state index contributed by atoms with van der Waals surface area (Å²) in [7, 11) is 0. The molecule has 0 aromatic heterocycles. The molecule has 0 aromatic rings. The molecule has 0 aliphatic heterocycles. The van der Waals surface area contributed by atoms with Gasteiger partial charge in [-0.3, -0.25) is 0 Å². The summed E-state index contributed by atoms with van der Waals surface area (Å²) in [5, 5.41) is 20.3. The first-order valence-corrected chi connectivity index (χ1v) is 7.24. The smallest absolute Gasteiger partial charge is 0.0647 e. The van der Waals surface area contributed by atoms with Gasteiger partial charge in [-0.25, -0.2) is 0 Å². The molecule has 2 nitrogen and oxygen atoms in total. The normalized spacial score (nSPS) is 22.4. The summed E-state index contributed by atoms with van der Waals surface area (Å²) in [6.07, 6.45) is 9.24. The molecule has 2 N–H and O–H groups in total. The minimum Gasteiger partial charge on any atom is -0.393 e. The number of hydrogen-bond donors (Lipinski definition) is 2. The van der Waals surface area contributed by atoms with Gasteiger partial charge in [0.2, 0.25) is 0 Å². The van der Waals surface area contributed by atoms with Crippen molar-refractivity contribution >= 4 is 0 Å². The molecule has 0 radical (unpaired) electrons. The van der Waals surface area contributed by atoms with Gasteiger partial charge in [0.05, 0.1) is 11.7 Å². The van der Waals surface area contributed by atoms with Crippen LogP contribution in [0.15, 0.2) is 0 Å². The molecular weight excluding hydrogens is 212 g/mol. The van der Waals surface area contributed by atoms with E-state index in [1.54, 1.807) is 0 Å². The van der Waals surface area contributed by atoms with Gasteiger partial charge in [0.15, 0.2) is 0 Å². The zero-order valence-corrected chi connectivity index (χ0v) is 11.8. The van der Waals surface area contributed by atoms with Crippen LogP contribution in [0.2, 0.25) is 0 Å². The summed E-state index contributed by atoms with van der Waals surface area (Å²) in [5.41, 5.74) is -0.396. The highest BCUT2D eigenvalue weighted by atomic mass is 16.3. The van der Waals surface area contributed by atoms with Crippen LogP contribution in [0.1, 0.15) is 78.6 Å². The third kappa shape index (κ3) is 5.39. The summed E-state index contributed by atoms with van der Waals surface area (Å²) >= 11 is 0. The van der Waals surface area contributed by atoms with E-state index in [0.29, 0.717) is 0 Å². The van der Waals surface area contributed by atoms with E-state index in [1.807, 2.05) is 0 Å². The number of hydrogen-bond acceptors (Lipinski definition) is 2. The van der Waals surface area contributed by atoms with Gasteiger partial charge in [0, 0.05) is 0 Å². The highest BCUT2D eigenvalue weighted by molar-refractivity contribution is 4.82. The third-order valence-electron chi connectivity index (χ3n) is 4.15. The quantitative estimate of drug-likeness (QED) is 0.722. The Balaban J connectivity index is 2.15. The lowest BCUT2D eigenvalue weighted by molar-refractivity contribution is -0.00796. The van der Waals surface area contributed by atoms with Crippen molar-refractivity contribution in [2.45, 2.75) is 90.3 Å². The predicted octanol–water partition coefficient (Wildman–Crippen LogP) is 3.65. The third-order valence-corrected chi connectivity index (χ3v) is 4.15. The predicted molar refractivity (Wildman–Crippen MR) is 72.0 cm³/mol. The molecule has 1 unspecified atom stereocenters. The van der Waals surface area contributed by atoms with Crippen LogP contribution in [0.4, 0.5) is 0 Å². The van der Waals surface area contributed by atoms with E-state index in [2.05, 4.69) is 20.8 Å². The highest BCUT2D eigenvalue weighted by Crippen LogP contribution is 2.33. The Kier molecular flexibility index (Phi) is 5.46. The lowest BCUT2D eigenvalue weighted by Crippen LogP contribution is -2.31. The van der Waals surface area contributed by atoms with E-state index in [4.69, 9.17) is 0 Å². The Morgan fingerprint density at radius 1 is 1.06 bits per heavy atom. The van der Waals surface area contributed by atoms with Crippen molar-refractivity contribution < 1.29 is 10.2 Å². The second-order valence-corrected chi connectivity index (χ2v) is 6.91. The van der Waals surface area contributed by atoms with Gasteiger partial charge in [0.25, 0.3) is 0 Å². The van der Waals surface area contributed by atoms with Crippen LogP contribution in [0.3, 0.4) is 0 Å². The first-order valence-electron chi connectivity index (χ1n) is 7.24. The first kappa shape index (κ1) is 15.0. The topological polar surface area (TPSA) is 40.5 Å². The Labute approximate surface area is 106 Å². The Hall–Kier alpha value is -0.0800. The van der Waals surface area contributed by atoms with Crippen LogP contribution in [-0.2, 0) is 0 Å². The summed E-state index contributed by atoms with van der Waals surface area (Å²) in [6, 6.07) is 0. The molecular formula is C15H30O2. The maximum atomic E-state index is 10.3. The van der Waals surface area contributed by atoms with Crippen LogP contribution in [0, 0.1) is 5.41 Å². The average molecular weight is 242 g/mol. The highest BCUT2D eigenvalue weighted by Gasteiger charge is 2.28. The average Bonchev–Trinajstić information content (AvgIpc) is 2.24. The monoisotopic (exact) mass is 242 g/mol. The zero-order valence-electron chi connectivity index (χ0n) is 11.8. The van der Waals surface area contributed by atoms with E-state index in [9.17, 15) is 10.2 Å². The fraction of sp³-hybridized carbons (Fsp3) is 1.00. The van der Waals surface area contributed by atoms with Crippen LogP contribution in [0.25, 0.3) is 0 Å². The molecule has 0 aromatic carbocycles. The minimum absolute atomic E-state index is 0.0122. The van der Waals surface area contributed by atoms with Gasteiger partial charge < -0.3 is 10.2 Å². The van der Waals surface area contributed by atoms with Gasteiger partial charge in [-0.2, -0.15) is 0 Å². The van der Waals surface area contributed by atoms with Gasteiger partial charge >= 0.3 is 0 Å². The molecule has 1 aliphatic rings. The van der Waals surface area contributed by atoms with Crippen LogP contribution >= 0.6 is 0 Å². The molecule has 102 valence electrons. The maximum absolute atomic E-state index is 10.3. The molecule has 0 amide bonds. The largest absolute Gasteiger partial charge is 0.393 e. The lowest BCUT2D eigenvalue weighted by Gasteiger charge is -2.32. The van der Waals surface area contributed by atoms with Gasteiger partial charge in [-0.05, 0) is 31.1 Å². The van der Waals surface area contributed by atoms with Gasteiger partial charge in [-0.1, -0.05) is 52.9 Å². The number of aliphatic hydroxyl groups excluding tert-OH is 1. The molecule has 0 saturated heterocycles. The summed E-state index contributed by atoms with van der Waals surface area (Å²) in [5.74, 6) is 0. The summed E-state index contributed by atoms with van der Waals surface area (Å²) < 4.78 is 0. The van der Waals surface area contributed by atoms with Crippen molar-refractivity contribution in [1.29, 1.82) is 0 Å². The first-order chi connectivity index (χ1) is 7.83. The van der Waals surface area contributed by atoms with Crippen molar-refractivity contribution in [2.24, 2.45) is 5.41 Å². The van der Waals surface area contributed by atoms with Crippen molar-refractivity contribution in [3.05, 3.63) is 0 Å². The number of aliphatic hydroxyl groups is 2. The maximum Gasteiger partial charge on any atom is 0.0647 e. The Morgan fingerprint density at radius 3 is 2.18 bits per heavy atom. The molecule has 0 heterocycles. The van der Waals surface area contributed by atoms with Crippen molar-refractivity contribution in [2.75, 3.05) is 0 Å². The van der Waals surface area contributed by atoms with E-state index >= 15 is 0 Å². The minimum atomic E-state index is -0.384. The molecule has 17 heavy (non-hydrogen) atoms. The molecule has 0 bridgehead atoms. The molecule has 1 fully saturated rings. The number of unbranched alkanes of at least 4 members (excludes halogenated alkanes) is 1. The second-order valence-electron chi connectivity index (χ2n) is 6.91. The lowest BCUT2D eigenvalue weighted by atomic mass is 9.80. The molecule has 1 atom stereocenters. The summed E-state index contributed by atoms with van der Waals surface area (Å²) in [6.45, 7) is 6.23. The van der Waals surface area contributed by atoms with Gasteiger partial charge in [-0.15, -0.1) is 0 Å². The van der Waals surface area contributed by atoms with E-state index in [0.717, 1.165) is 38.5 Å². The van der Waals surface area contributed by atoms with E-state index < -0.39 is 0 Å². The SMILES string of the molecule is CC(C)(C)C(O)CCCCC1(O)CCCCC1. The molecule has 2 heteroatoms. The van der Waals surface area contributed by atoms with E-state index in [1.165, 1.54) is 19.3 Å².